The second-order valence-electron chi connectivity index (χ2n) is 17.1. The van der Waals surface area contributed by atoms with Crippen molar-refractivity contribution in [3.63, 3.8) is 0 Å². The third-order valence-corrected chi connectivity index (χ3v) is 12.4. The Morgan fingerprint density at radius 1 is 0.672 bits per heavy atom. The molecule has 0 unspecified atom stereocenters. The summed E-state index contributed by atoms with van der Waals surface area (Å²) in [6.45, 7) is 12.7. The molecule has 0 saturated carbocycles. The smallest absolute Gasteiger partial charge is 0.00106 e. The second-order valence-corrected chi connectivity index (χ2v) is 17.1. The number of hydrogen-bond donors (Lipinski definition) is 0. The van der Waals surface area contributed by atoms with Crippen molar-refractivity contribution in [3.05, 3.63) is 273 Å². The van der Waals surface area contributed by atoms with E-state index in [1.807, 2.05) is 25.1 Å². The van der Waals surface area contributed by atoms with Crippen LogP contribution in [0.15, 0.2) is 234 Å². The number of rotatable bonds is 12. The first kappa shape index (κ1) is 51.1. The first-order chi connectivity index (χ1) is 32.9. The zero-order valence-electron chi connectivity index (χ0n) is 41.1. The molecular formula is C67H72. The van der Waals surface area contributed by atoms with Crippen LogP contribution >= 0.6 is 0 Å². The van der Waals surface area contributed by atoms with Crippen LogP contribution in [0.4, 0.5) is 0 Å². The van der Waals surface area contributed by atoms with E-state index in [0.717, 1.165) is 32.1 Å². The predicted octanol–water partition coefficient (Wildman–Crippen LogP) is 18.7. The van der Waals surface area contributed by atoms with Gasteiger partial charge in [0.25, 0.3) is 0 Å². The molecule has 0 fully saturated rings. The van der Waals surface area contributed by atoms with Crippen LogP contribution in [0.25, 0.3) is 22.8 Å². The van der Waals surface area contributed by atoms with E-state index in [1.54, 1.807) is 16.7 Å². The van der Waals surface area contributed by atoms with Crippen LogP contribution in [0.1, 0.15) is 119 Å². The largest absolute Gasteiger partial charge is 0.124 e. The van der Waals surface area contributed by atoms with Gasteiger partial charge in [-0.2, -0.15) is 0 Å². The fraction of sp³-hybridized carbons (Fsp3) is 0.224. The normalized spacial score (nSPS) is 16.0. The fourth-order valence-corrected chi connectivity index (χ4v) is 8.76. The van der Waals surface area contributed by atoms with Crippen molar-refractivity contribution in [1.29, 1.82) is 0 Å². The summed E-state index contributed by atoms with van der Waals surface area (Å²) in [5, 5.41) is 0. The minimum Gasteiger partial charge on any atom is -0.124 e. The van der Waals surface area contributed by atoms with Crippen LogP contribution in [0.5, 0.6) is 0 Å². The van der Waals surface area contributed by atoms with Crippen molar-refractivity contribution >= 4 is 22.8 Å². The maximum atomic E-state index is 4.00. The number of terminal acetylenes is 1. The molecule has 0 heterocycles. The molecule has 0 bridgehead atoms. The highest BCUT2D eigenvalue weighted by atomic mass is 14.3. The summed E-state index contributed by atoms with van der Waals surface area (Å²) in [5.41, 5.74) is 22.5. The lowest BCUT2D eigenvalue weighted by atomic mass is 9.84. The molecule has 340 valence electrons. The zero-order valence-corrected chi connectivity index (χ0v) is 41.1. The van der Waals surface area contributed by atoms with Gasteiger partial charge in [0.05, 0.1) is 0 Å². The van der Waals surface area contributed by atoms with Crippen molar-refractivity contribution in [1.82, 2.24) is 0 Å². The maximum absolute atomic E-state index is 4.00. The average Bonchev–Trinajstić information content (AvgIpc) is 3.77. The Kier molecular flexibility index (Phi) is 21.5. The predicted molar refractivity (Wildman–Crippen MR) is 297 cm³/mol. The Balaban J connectivity index is 0.000000188. The quantitative estimate of drug-likeness (QED) is 0.0756. The van der Waals surface area contributed by atoms with Gasteiger partial charge in [0.1, 0.15) is 0 Å². The van der Waals surface area contributed by atoms with E-state index < -0.39 is 0 Å². The lowest BCUT2D eigenvalue weighted by Gasteiger charge is -2.21. The molecule has 0 N–H and O–H groups in total. The number of fused-ring (bicyclic) bond motifs is 3. The van der Waals surface area contributed by atoms with Gasteiger partial charge in [-0.25, -0.2) is 0 Å². The average molecular weight is 877 g/mol. The Hall–Kier alpha value is -6.94. The third kappa shape index (κ3) is 15.3. The minimum absolute atomic E-state index is 0.991. The summed E-state index contributed by atoms with van der Waals surface area (Å²) in [4.78, 5) is 0. The molecule has 4 aliphatic rings. The monoisotopic (exact) mass is 877 g/mol. The van der Waals surface area contributed by atoms with Gasteiger partial charge in [-0.1, -0.05) is 218 Å². The molecule has 67 heavy (non-hydrogen) atoms. The van der Waals surface area contributed by atoms with Crippen molar-refractivity contribution in [3.8, 4) is 12.8 Å². The molecule has 0 saturated heterocycles. The van der Waals surface area contributed by atoms with E-state index in [4.69, 9.17) is 0 Å². The first-order valence-corrected chi connectivity index (χ1v) is 24.4. The summed E-state index contributed by atoms with van der Waals surface area (Å²) in [5.74, 6) is 0. The molecule has 0 aromatic heterocycles. The summed E-state index contributed by atoms with van der Waals surface area (Å²) in [7, 11) is 0. The van der Waals surface area contributed by atoms with Gasteiger partial charge in [-0.05, 0) is 176 Å². The van der Waals surface area contributed by atoms with Gasteiger partial charge in [0.2, 0.25) is 0 Å². The van der Waals surface area contributed by atoms with Gasteiger partial charge in [0, 0.05) is 0 Å². The molecule has 4 aromatic carbocycles. The van der Waals surface area contributed by atoms with Crippen LogP contribution in [-0.4, -0.2) is 0 Å². The molecule has 0 amide bonds. The summed E-state index contributed by atoms with van der Waals surface area (Å²) >= 11 is 0. The Morgan fingerprint density at radius 3 is 2.16 bits per heavy atom. The fourth-order valence-electron chi connectivity index (χ4n) is 8.76. The zero-order chi connectivity index (χ0) is 47.6. The lowest BCUT2D eigenvalue weighted by molar-refractivity contribution is 0.887. The highest BCUT2D eigenvalue weighted by Crippen LogP contribution is 2.45. The van der Waals surface area contributed by atoms with E-state index in [9.17, 15) is 0 Å². The van der Waals surface area contributed by atoms with Crippen molar-refractivity contribution in [2.75, 3.05) is 0 Å². The van der Waals surface area contributed by atoms with Crippen molar-refractivity contribution < 1.29 is 0 Å². The highest BCUT2D eigenvalue weighted by Gasteiger charge is 2.26. The van der Waals surface area contributed by atoms with E-state index >= 15 is 0 Å². The van der Waals surface area contributed by atoms with Crippen LogP contribution in [0.3, 0.4) is 0 Å². The number of allylic oxidation sites excluding steroid dienone is 25. The van der Waals surface area contributed by atoms with E-state index in [2.05, 4.69) is 236 Å². The van der Waals surface area contributed by atoms with Crippen LogP contribution in [0.2, 0.25) is 0 Å². The Morgan fingerprint density at radius 2 is 1.43 bits per heavy atom. The molecule has 0 nitrogen and oxygen atoms in total. The lowest BCUT2D eigenvalue weighted by Crippen LogP contribution is -2.02. The highest BCUT2D eigenvalue weighted by molar-refractivity contribution is 5.95. The first-order valence-electron chi connectivity index (χ1n) is 24.4. The molecule has 0 aliphatic heterocycles. The molecule has 4 aliphatic carbocycles. The van der Waals surface area contributed by atoms with Gasteiger partial charge in [-0.3, -0.25) is 0 Å². The maximum Gasteiger partial charge on any atom is -0.00106 e. The van der Waals surface area contributed by atoms with E-state index in [0.29, 0.717) is 0 Å². The number of benzene rings is 4. The Bertz CT molecular complexity index is 2670. The van der Waals surface area contributed by atoms with Crippen LogP contribution in [0, 0.1) is 19.8 Å². The van der Waals surface area contributed by atoms with Gasteiger partial charge in [-0.15, -0.1) is 12.8 Å². The third-order valence-electron chi connectivity index (χ3n) is 12.4. The Labute approximate surface area is 405 Å². The van der Waals surface area contributed by atoms with Crippen molar-refractivity contribution in [2.45, 2.75) is 99.3 Å². The summed E-state index contributed by atoms with van der Waals surface area (Å²) in [6, 6.07) is 37.1. The van der Waals surface area contributed by atoms with Gasteiger partial charge >= 0.3 is 0 Å². The molecular weight excluding hydrogens is 805 g/mol. The molecule has 8 rings (SSSR count). The van der Waals surface area contributed by atoms with Gasteiger partial charge < -0.3 is 0 Å². The molecule has 4 aromatic rings. The van der Waals surface area contributed by atoms with E-state index in [-0.39, 0.29) is 0 Å². The summed E-state index contributed by atoms with van der Waals surface area (Å²) < 4.78 is 0. The minimum atomic E-state index is 0.991. The van der Waals surface area contributed by atoms with Crippen LogP contribution < -0.4 is 0 Å². The van der Waals surface area contributed by atoms with E-state index in [1.165, 1.54) is 98.1 Å². The standard InChI is InChI=1S/C26H26.C20H20.C19H24.C2H2/c1-3-19(2)9-6-10-20-11-7-13-21(17-20)24-15-8-16-25-23-14-5-4-12-22(23)18-26(24)25;1-3-4-6-11-20(16-18-9-7-5-8-10-18)19-14-12-17(2)13-15-19;1-3-5-11-16(4-2)18-14-9-10-15-19(18)17-12-7-6-8-13-17;1-2/h3-7,9,11-14,16-17H,8,10,15,18H2,1-2H3;3-16H,1-2H3;4-7,9,11-12,14H,3,8,10,13,15H2,1-2H3;1-2H/b9-6-,19-3-;4-3-,11-6-,20-16-;11-5-,16-4+;. The van der Waals surface area contributed by atoms with Gasteiger partial charge in [0.15, 0.2) is 0 Å². The SMILES string of the molecule is C#C.C/C=C(C)\C=C/Cc1cccc(C2=C3Cc4ccccc4C3=CCC2)c1.C/C=C(\C=C/CC)C1=C(C2=CC=CCC2)CCC=C1.C\C=C/C=C\C(=C\c1ccccc1)c1ccc(C)cc1. The van der Waals surface area contributed by atoms with Crippen molar-refractivity contribution in [2.24, 2.45) is 0 Å². The number of aryl methyl sites for hydroxylation is 1. The van der Waals surface area contributed by atoms with Crippen LogP contribution in [-0.2, 0) is 12.8 Å². The molecule has 0 heteroatoms. The summed E-state index contributed by atoms with van der Waals surface area (Å²) in [6.07, 6.45) is 55.9. The molecule has 0 atom stereocenters. The molecule has 0 spiro atoms. The second kappa shape index (κ2) is 28.2. The number of hydrogen-bond acceptors (Lipinski definition) is 0. The molecule has 0 radical (unpaired) electrons. The topological polar surface area (TPSA) is 0 Å².